The van der Waals surface area contributed by atoms with Gasteiger partial charge in [-0.05, 0) is 42.3 Å². The molecule has 5 nitrogen and oxygen atoms in total. The van der Waals surface area contributed by atoms with Crippen LogP contribution in [-0.4, -0.2) is 30.5 Å². The predicted octanol–water partition coefficient (Wildman–Crippen LogP) is 4.45. The first-order valence-corrected chi connectivity index (χ1v) is 9.48. The maximum absolute atomic E-state index is 12.6. The monoisotopic (exact) mass is 387 g/mol. The molecule has 2 aromatic carbocycles. The maximum Gasteiger partial charge on any atom is 0.255 e. The topological polar surface area (TPSA) is 67.1 Å². The second kappa shape index (κ2) is 9.66. The first-order valence-electron chi connectivity index (χ1n) is 9.48. The van der Waals surface area contributed by atoms with Crippen LogP contribution in [0.2, 0.25) is 0 Å². The van der Waals surface area contributed by atoms with Crippen molar-refractivity contribution in [1.29, 1.82) is 5.41 Å². The second-order valence-corrected chi connectivity index (χ2v) is 6.76. The fourth-order valence-electron chi connectivity index (χ4n) is 2.89. The third-order valence-corrected chi connectivity index (χ3v) is 4.66. The Bertz CT molecular complexity index is 1060. The molecular formula is C24H25N3O2. The van der Waals surface area contributed by atoms with Crippen LogP contribution in [0.1, 0.15) is 23.6 Å². The van der Waals surface area contributed by atoms with Gasteiger partial charge in [-0.2, -0.15) is 0 Å². The molecule has 1 aromatic heterocycles. The summed E-state index contributed by atoms with van der Waals surface area (Å²) in [4.78, 5) is 12.6. The van der Waals surface area contributed by atoms with Crippen LogP contribution in [0.5, 0.6) is 0 Å². The highest BCUT2D eigenvalue weighted by molar-refractivity contribution is 5.86. The fourth-order valence-corrected chi connectivity index (χ4v) is 2.89. The third kappa shape index (κ3) is 5.30. The molecule has 1 unspecified atom stereocenters. The molecule has 1 atom stereocenters. The molecule has 0 saturated carbocycles. The molecule has 0 fully saturated rings. The number of ether oxygens (including phenoxy) is 1. The van der Waals surface area contributed by atoms with E-state index in [0.717, 1.165) is 22.5 Å². The smallest absolute Gasteiger partial charge is 0.255 e. The van der Waals surface area contributed by atoms with Crippen molar-refractivity contribution in [3.8, 4) is 5.69 Å². The predicted molar refractivity (Wildman–Crippen MR) is 120 cm³/mol. The summed E-state index contributed by atoms with van der Waals surface area (Å²) in [5.41, 5.74) is 4.07. The Balaban J connectivity index is 1.82. The SMILES string of the molecule is COC(C)CNc1ccc(-n2ccc(/C=C/c3ccccc3)cc2=O)cc1C=N. The molecule has 3 aromatic rings. The van der Waals surface area contributed by atoms with Crippen molar-refractivity contribution in [2.75, 3.05) is 19.0 Å². The van der Waals surface area contributed by atoms with Gasteiger partial charge in [0.25, 0.3) is 5.56 Å². The van der Waals surface area contributed by atoms with Crippen LogP contribution in [0.25, 0.3) is 17.8 Å². The molecular weight excluding hydrogens is 362 g/mol. The van der Waals surface area contributed by atoms with E-state index in [2.05, 4.69) is 5.32 Å². The van der Waals surface area contributed by atoms with Gasteiger partial charge >= 0.3 is 0 Å². The average Bonchev–Trinajstić information content (AvgIpc) is 2.76. The van der Waals surface area contributed by atoms with Gasteiger partial charge in [-0.15, -0.1) is 0 Å². The lowest BCUT2D eigenvalue weighted by molar-refractivity contribution is 0.129. The lowest BCUT2D eigenvalue weighted by Gasteiger charge is -2.15. The highest BCUT2D eigenvalue weighted by Gasteiger charge is 2.07. The Morgan fingerprint density at radius 2 is 1.83 bits per heavy atom. The molecule has 29 heavy (non-hydrogen) atoms. The number of aromatic nitrogens is 1. The zero-order valence-corrected chi connectivity index (χ0v) is 16.6. The van der Waals surface area contributed by atoms with Gasteiger partial charge in [0.15, 0.2) is 0 Å². The van der Waals surface area contributed by atoms with Crippen molar-refractivity contribution >= 4 is 24.1 Å². The van der Waals surface area contributed by atoms with Gasteiger partial charge in [0.05, 0.1) is 6.10 Å². The molecule has 0 radical (unpaired) electrons. The fraction of sp³-hybridized carbons (Fsp3) is 0.167. The van der Waals surface area contributed by atoms with E-state index < -0.39 is 0 Å². The van der Waals surface area contributed by atoms with Crippen LogP contribution in [0.3, 0.4) is 0 Å². The van der Waals surface area contributed by atoms with E-state index in [1.807, 2.05) is 73.7 Å². The van der Waals surface area contributed by atoms with E-state index >= 15 is 0 Å². The number of rotatable bonds is 8. The normalized spacial score (nSPS) is 12.1. The Morgan fingerprint density at radius 3 is 2.52 bits per heavy atom. The number of nitrogens with one attached hydrogen (secondary N) is 2. The molecule has 0 amide bonds. The standard InChI is InChI=1S/C24H25N3O2/c1-18(29-2)17-26-23-11-10-22(15-21(23)16-25)27-13-12-20(14-24(27)28)9-8-19-6-4-3-5-7-19/h3-16,18,25-26H,17H2,1-2H3/b9-8+,25-16?. The van der Waals surface area contributed by atoms with Crippen LogP contribution in [0, 0.1) is 5.41 Å². The minimum Gasteiger partial charge on any atom is -0.382 e. The summed E-state index contributed by atoms with van der Waals surface area (Å²) < 4.78 is 6.82. The largest absolute Gasteiger partial charge is 0.382 e. The summed E-state index contributed by atoms with van der Waals surface area (Å²) in [6.45, 7) is 2.61. The number of pyridine rings is 1. The summed E-state index contributed by atoms with van der Waals surface area (Å²) >= 11 is 0. The number of nitrogens with zero attached hydrogens (tertiary/aromatic N) is 1. The summed E-state index contributed by atoms with van der Waals surface area (Å²) in [6, 6.07) is 19.0. The third-order valence-electron chi connectivity index (χ3n) is 4.66. The zero-order chi connectivity index (χ0) is 20.6. The summed E-state index contributed by atoms with van der Waals surface area (Å²) in [5, 5.41) is 11.0. The van der Waals surface area contributed by atoms with Gasteiger partial charge in [-0.1, -0.05) is 42.5 Å². The number of hydrogen-bond donors (Lipinski definition) is 2. The van der Waals surface area contributed by atoms with E-state index in [9.17, 15) is 4.79 Å². The van der Waals surface area contributed by atoms with Gasteiger partial charge in [0.2, 0.25) is 0 Å². The van der Waals surface area contributed by atoms with Gasteiger partial charge in [0.1, 0.15) is 0 Å². The van der Waals surface area contributed by atoms with E-state index in [4.69, 9.17) is 10.1 Å². The van der Waals surface area contributed by atoms with Crippen LogP contribution >= 0.6 is 0 Å². The molecule has 2 N–H and O–H groups in total. The van der Waals surface area contributed by atoms with Crippen LogP contribution in [-0.2, 0) is 4.74 Å². The van der Waals surface area contributed by atoms with E-state index in [1.54, 1.807) is 23.9 Å². The van der Waals surface area contributed by atoms with Crippen molar-refractivity contribution in [2.45, 2.75) is 13.0 Å². The molecule has 0 spiro atoms. The molecule has 148 valence electrons. The molecule has 0 bridgehead atoms. The van der Waals surface area contributed by atoms with Crippen molar-refractivity contribution in [3.63, 3.8) is 0 Å². The first-order chi connectivity index (χ1) is 14.1. The van der Waals surface area contributed by atoms with Gasteiger partial charge in [-0.25, -0.2) is 0 Å². The van der Waals surface area contributed by atoms with Crippen LogP contribution < -0.4 is 10.9 Å². The van der Waals surface area contributed by atoms with Gasteiger partial charge in [0, 0.05) is 49.1 Å². The minimum absolute atomic E-state index is 0.0624. The molecule has 0 aliphatic rings. The molecule has 0 saturated heterocycles. The molecule has 1 heterocycles. The minimum atomic E-state index is -0.121. The van der Waals surface area contributed by atoms with E-state index in [1.165, 1.54) is 6.21 Å². The van der Waals surface area contributed by atoms with Crippen molar-refractivity contribution in [1.82, 2.24) is 4.57 Å². The first kappa shape index (κ1) is 20.3. The molecule has 5 heteroatoms. The maximum atomic E-state index is 12.6. The number of benzene rings is 2. The lowest BCUT2D eigenvalue weighted by atomic mass is 10.1. The van der Waals surface area contributed by atoms with Gasteiger partial charge < -0.3 is 15.5 Å². The zero-order valence-electron chi connectivity index (χ0n) is 16.6. The van der Waals surface area contributed by atoms with Crippen LogP contribution in [0.4, 0.5) is 5.69 Å². The highest BCUT2D eigenvalue weighted by Crippen LogP contribution is 2.18. The summed E-state index contributed by atoms with van der Waals surface area (Å²) in [5.74, 6) is 0. The Hall–Kier alpha value is -3.44. The lowest BCUT2D eigenvalue weighted by Crippen LogP contribution is -2.19. The van der Waals surface area contributed by atoms with Crippen molar-refractivity contribution < 1.29 is 4.74 Å². The van der Waals surface area contributed by atoms with E-state index in [-0.39, 0.29) is 11.7 Å². The molecule has 0 aliphatic heterocycles. The number of methoxy groups -OCH3 is 1. The summed E-state index contributed by atoms with van der Waals surface area (Å²) in [7, 11) is 1.66. The van der Waals surface area contributed by atoms with Crippen molar-refractivity contribution in [3.05, 3.63) is 93.9 Å². The molecule has 3 rings (SSSR count). The Morgan fingerprint density at radius 1 is 1.07 bits per heavy atom. The average molecular weight is 387 g/mol. The van der Waals surface area contributed by atoms with Crippen LogP contribution in [0.15, 0.2) is 71.7 Å². The quantitative estimate of drug-likeness (QED) is 0.561. The summed E-state index contributed by atoms with van der Waals surface area (Å²) in [6.07, 6.45) is 7.01. The number of hydrogen-bond acceptors (Lipinski definition) is 4. The number of anilines is 1. The Kier molecular flexibility index (Phi) is 6.76. The van der Waals surface area contributed by atoms with E-state index in [0.29, 0.717) is 12.1 Å². The second-order valence-electron chi connectivity index (χ2n) is 6.76. The molecule has 0 aliphatic carbocycles. The van der Waals surface area contributed by atoms with Crippen molar-refractivity contribution in [2.24, 2.45) is 0 Å². The Labute approximate surface area is 170 Å². The highest BCUT2D eigenvalue weighted by atomic mass is 16.5. The van der Waals surface area contributed by atoms with Gasteiger partial charge in [-0.3, -0.25) is 9.36 Å².